The van der Waals surface area contributed by atoms with Gasteiger partial charge in [-0.1, -0.05) is 29.8 Å². The lowest BCUT2D eigenvalue weighted by Gasteiger charge is -2.09. The average molecular weight is 185 g/mol. The molecule has 0 radical (unpaired) electrons. The maximum atomic E-state index is 9.34. The van der Waals surface area contributed by atoms with E-state index in [1.807, 2.05) is 0 Å². The van der Waals surface area contributed by atoms with Crippen molar-refractivity contribution in [2.75, 3.05) is 0 Å². The van der Waals surface area contributed by atoms with E-state index in [-0.39, 0.29) is 5.84 Å². The summed E-state index contributed by atoms with van der Waals surface area (Å²) in [6, 6.07) is 6.75. The van der Waals surface area contributed by atoms with Gasteiger partial charge in [0.1, 0.15) is 11.9 Å². The molecule has 64 valence electrons. The second-order valence-corrected chi connectivity index (χ2v) is 2.79. The van der Waals surface area contributed by atoms with Crippen molar-refractivity contribution in [1.29, 1.82) is 5.41 Å². The van der Waals surface area contributed by atoms with Gasteiger partial charge in [-0.2, -0.15) is 0 Å². The fourth-order valence-electron chi connectivity index (χ4n) is 0.864. The SMILES string of the molecule is N=C(N)[C@H](O)c1ccccc1Cl. The molecule has 0 spiro atoms. The highest BCUT2D eigenvalue weighted by Crippen LogP contribution is 2.21. The Bertz CT molecular complexity index is 301. The number of rotatable bonds is 2. The van der Waals surface area contributed by atoms with Crippen molar-refractivity contribution < 1.29 is 5.11 Å². The molecule has 0 aliphatic carbocycles. The molecule has 0 heterocycles. The van der Waals surface area contributed by atoms with Gasteiger partial charge < -0.3 is 10.8 Å². The summed E-state index contributed by atoms with van der Waals surface area (Å²) in [4.78, 5) is 0. The van der Waals surface area contributed by atoms with E-state index in [0.717, 1.165) is 0 Å². The van der Waals surface area contributed by atoms with Gasteiger partial charge in [-0.25, -0.2) is 0 Å². The first-order valence-electron chi connectivity index (χ1n) is 3.39. The van der Waals surface area contributed by atoms with Crippen LogP contribution in [0.4, 0.5) is 0 Å². The van der Waals surface area contributed by atoms with E-state index in [1.165, 1.54) is 0 Å². The molecule has 3 nitrogen and oxygen atoms in total. The van der Waals surface area contributed by atoms with Gasteiger partial charge in [0.2, 0.25) is 0 Å². The molecule has 0 saturated heterocycles. The van der Waals surface area contributed by atoms with Crippen LogP contribution in [0.2, 0.25) is 5.02 Å². The summed E-state index contributed by atoms with van der Waals surface area (Å²) < 4.78 is 0. The third-order valence-corrected chi connectivity index (χ3v) is 1.84. The molecule has 0 saturated carbocycles. The Morgan fingerprint density at radius 1 is 1.50 bits per heavy atom. The molecular weight excluding hydrogens is 176 g/mol. The van der Waals surface area contributed by atoms with Crippen molar-refractivity contribution in [3.8, 4) is 0 Å². The van der Waals surface area contributed by atoms with Crippen LogP contribution in [0.1, 0.15) is 11.7 Å². The number of halogens is 1. The van der Waals surface area contributed by atoms with Crippen LogP contribution < -0.4 is 5.73 Å². The minimum atomic E-state index is -1.10. The van der Waals surface area contributed by atoms with Crippen LogP contribution in [-0.4, -0.2) is 10.9 Å². The van der Waals surface area contributed by atoms with Crippen molar-refractivity contribution >= 4 is 17.4 Å². The molecule has 4 N–H and O–H groups in total. The van der Waals surface area contributed by atoms with E-state index in [9.17, 15) is 5.11 Å². The highest BCUT2D eigenvalue weighted by Gasteiger charge is 2.12. The van der Waals surface area contributed by atoms with E-state index < -0.39 is 6.10 Å². The van der Waals surface area contributed by atoms with Crippen molar-refractivity contribution in [1.82, 2.24) is 0 Å². The van der Waals surface area contributed by atoms with Crippen LogP contribution in [0.5, 0.6) is 0 Å². The van der Waals surface area contributed by atoms with Crippen LogP contribution in [0.25, 0.3) is 0 Å². The third kappa shape index (κ3) is 1.75. The lowest BCUT2D eigenvalue weighted by Crippen LogP contribution is -2.20. The van der Waals surface area contributed by atoms with E-state index >= 15 is 0 Å². The summed E-state index contributed by atoms with van der Waals surface area (Å²) in [5.41, 5.74) is 5.58. The third-order valence-electron chi connectivity index (χ3n) is 1.49. The van der Waals surface area contributed by atoms with Crippen molar-refractivity contribution in [2.24, 2.45) is 5.73 Å². The Kier molecular flexibility index (Phi) is 2.68. The smallest absolute Gasteiger partial charge is 0.137 e. The lowest BCUT2D eigenvalue weighted by molar-refractivity contribution is 0.245. The highest BCUT2D eigenvalue weighted by molar-refractivity contribution is 6.31. The van der Waals surface area contributed by atoms with Gasteiger partial charge in [-0.3, -0.25) is 5.41 Å². The lowest BCUT2D eigenvalue weighted by atomic mass is 10.1. The summed E-state index contributed by atoms with van der Waals surface area (Å²) in [5, 5.41) is 16.8. The van der Waals surface area contributed by atoms with Crippen molar-refractivity contribution in [3.05, 3.63) is 34.9 Å². The van der Waals surface area contributed by atoms with Gasteiger partial charge in [0.15, 0.2) is 0 Å². The predicted molar refractivity (Wildman–Crippen MR) is 48.3 cm³/mol. The van der Waals surface area contributed by atoms with Gasteiger partial charge in [-0.05, 0) is 6.07 Å². The van der Waals surface area contributed by atoms with Gasteiger partial charge >= 0.3 is 0 Å². The quantitative estimate of drug-likeness (QED) is 0.479. The zero-order valence-electron chi connectivity index (χ0n) is 6.29. The molecule has 0 fully saturated rings. The minimum absolute atomic E-state index is 0.303. The maximum absolute atomic E-state index is 9.34. The molecule has 0 bridgehead atoms. The number of aliphatic hydroxyl groups excluding tert-OH is 1. The number of amidine groups is 1. The molecule has 0 aliphatic rings. The summed E-state index contributed by atoms with van der Waals surface area (Å²) in [7, 11) is 0. The Labute approximate surface area is 75.3 Å². The molecular formula is C8H9ClN2O. The Morgan fingerprint density at radius 3 is 2.58 bits per heavy atom. The van der Waals surface area contributed by atoms with Crippen LogP contribution in [0, 0.1) is 5.41 Å². The number of nitrogens with two attached hydrogens (primary N) is 1. The summed E-state index contributed by atoms with van der Waals surface area (Å²) >= 11 is 5.75. The van der Waals surface area contributed by atoms with Gasteiger partial charge in [0.25, 0.3) is 0 Å². The molecule has 1 atom stereocenters. The van der Waals surface area contributed by atoms with E-state index in [4.69, 9.17) is 22.7 Å². The Morgan fingerprint density at radius 2 is 2.08 bits per heavy atom. The number of hydrogen-bond acceptors (Lipinski definition) is 2. The maximum Gasteiger partial charge on any atom is 0.137 e. The second-order valence-electron chi connectivity index (χ2n) is 2.38. The Hall–Kier alpha value is -1.06. The molecule has 0 aliphatic heterocycles. The average Bonchev–Trinajstić information content (AvgIpc) is 2.04. The van der Waals surface area contributed by atoms with Gasteiger partial charge in [0.05, 0.1) is 0 Å². The molecule has 0 amide bonds. The number of benzene rings is 1. The van der Waals surface area contributed by atoms with Crippen molar-refractivity contribution in [2.45, 2.75) is 6.10 Å². The normalized spacial score (nSPS) is 12.5. The van der Waals surface area contributed by atoms with Crippen LogP contribution in [-0.2, 0) is 0 Å². The van der Waals surface area contributed by atoms with E-state index in [1.54, 1.807) is 24.3 Å². The number of hydrogen-bond donors (Lipinski definition) is 3. The zero-order chi connectivity index (χ0) is 9.14. The largest absolute Gasteiger partial charge is 0.385 e. The summed E-state index contributed by atoms with van der Waals surface area (Å²) in [5.74, 6) is -0.303. The highest BCUT2D eigenvalue weighted by atomic mass is 35.5. The van der Waals surface area contributed by atoms with E-state index in [0.29, 0.717) is 10.6 Å². The molecule has 12 heavy (non-hydrogen) atoms. The van der Waals surface area contributed by atoms with Crippen LogP contribution in [0.15, 0.2) is 24.3 Å². The van der Waals surface area contributed by atoms with Gasteiger partial charge in [-0.15, -0.1) is 0 Å². The standard InChI is InChI=1S/C8H9ClN2O/c9-6-4-2-1-3-5(6)7(12)8(10)11/h1-4,7,12H,(H3,10,11)/t7-/m1/s1. The molecule has 0 aromatic heterocycles. The molecule has 4 heteroatoms. The van der Waals surface area contributed by atoms with E-state index in [2.05, 4.69) is 0 Å². The second kappa shape index (κ2) is 3.56. The zero-order valence-corrected chi connectivity index (χ0v) is 7.05. The van der Waals surface area contributed by atoms with Crippen LogP contribution >= 0.6 is 11.6 Å². The first-order chi connectivity index (χ1) is 5.63. The topological polar surface area (TPSA) is 70.1 Å². The monoisotopic (exact) mass is 184 g/mol. The summed E-state index contributed by atoms with van der Waals surface area (Å²) in [6.07, 6.45) is -1.10. The molecule has 1 aromatic carbocycles. The number of nitrogens with one attached hydrogen (secondary N) is 1. The van der Waals surface area contributed by atoms with Crippen LogP contribution in [0.3, 0.4) is 0 Å². The first-order valence-corrected chi connectivity index (χ1v) is 3.77. The Balaban J connectivity index is 3.02. The van der Waals surface area contributed by atoms with Gasteiger partial charge in [0, 0.05) is 10.6 Å². The molecule has 1 aromatic rings. The predicted octanol–water partition coefficient (Wildman–Crippen LogP) is 1.31. The van der Waals surface area contributed by atoms with Crippen molar-refractivity contribution in [3.63, 3.8) is 0 Å². The fraction of sp³-hybridized carbons (Fsp3) is 0.125. The molecule has 0 unspecified atom stereocenters. The molecule has 1 rings (SSSR count). The number of aliphatic hydroxyl groups is 1. The summed E-state index contributed by atoms with van der Waals surface area (Å²) in [6.45, 7) is 0. The fourth-order valence-corrected chi connectivity index (χ4v) is 1.10. The first kappa shape index (κ1) is 9.03. The minimum Gasteiger partial charge on any atom is -0.385 e.